The average molecular weight is 244 g/mol. The van der Waals surface area contributed by atoms with Crippen molar-refractivity contribution in [2.45, 2.75) is 13.8 Å². The molecule has 0 aliphatic heterocycles. The highest BCUT2D eigenvalue weighted by Gasteiger charge is 2.01. The van der Waals surface area contributed by atoms with E-state index >= 15 is 0 Å². The first-order chi connectivity index (χ1) is 8.67. The van der Waals surface area contributed by atoms with Crippen molar-refractivity contribution >= 4 is 6.08 Å². The van der Waals surface area contributed by atoms with Crippen LogP contribution in [0.5, 0.6) is 5.75 Å². The van der Waals surface area contributed by atoms with Crippen molar-refractivity contribution in [1.29, 1.82) is 5.26 Å². The molecule has 0 amide bonds. The van der Waals surface area contributed by atoms with Gasteiger partial charge in [-0.1, -0.05) is 32.1 Å². The monoisotopic (exact) mass is 244 g/mol. The third-order valence-electron chi connectivity index (χ3n) is 2.47. The minimum Gasteiger partial charge on any atom is -0.495 e. The van der Waals surface area contributed by atoms with E-state index in [4.69, 9.17) is 10.00 Å². The Labute approximate surface area is 109 Å². The van der Waals surface area contributed by atoms with Gasteiger partial charge in [-0.2, -0.15) is 5.26 Å². The number of benzene rings is 1. The van der Waals surface area contributed by atoms with E-state index in [2.05, 4.69) is 31.3 Å². The van der Waals surface area contributed by atoms with E-state index in [1.807, 2.05) is 24.3 Å². The fraction of sp³-hybridized carbons (Fsp3) is 0.400. The molecule has 0 atom stereocenters. The zero-order valence-corrected chi connectivity index (χ0v) is 11.2. The highest BCUT2D eigenvalue weighted by Crippen LogP contribution is 2.19. The van der Waals surface area contributed by atoms with Gasteiger partial charge >= 0.3 is 0 Å². The lowest BCUT2D eigenvalue weighted by Gasteiger charge is -2.04. The van der Waals surface area contributed by atoms with Crippen molar-refractivity contribution in [3.63, 3.8) is 0 Å². The van der Waals surface area contributed by atoms with Gasteiger partial charge in [0.1, 0.15) is 11.8 Å². The molecule has 0 aromatic heterocycles. The smallest absolute Gasteiger partial charge is 0.136 e. The molecule has 3 heteroatoms. The van der Waals surface area contributed by atoms with Gasteiger partial charge in [0.15, 0.2) is 0 Å². The second-order valence-electron chi connectivity index (χ2n) is 4.53. The Morgan fingerprint density at radius 2 is 2.22 bits per heavy atom. The number of ether oxygens (including phenoxy) is 1. The Kier molecular flexibility index (Phi) is 5.96. The molecule has 3 nitrogen and oxygen atoms in total. The molecule has 0 saturated heterocycles. The Balaban J connectivity index is 2.57. The number of hydrogen-bond acceptors (Lipinski definition) is 3. The molecule has 0 aliphatic carbocycles. The van der Waals surface area contributed by atoms with Crippen LogP contribution < -0.4 is 10.1 Å². The molecule has 0 radical (unpaired) electrons. The third kappa shape index (κ3) is 4.60. The normalized spacial score (nSPS) is 10.8. The lowest BCUT2D eigenvalue weighted by molar-refractivity contribution is 0.413. The van der Waals surface area contributed by atoms with E-state index < -0.39 is 0 Å². The van der Waals surface area contributed by atoms with E-state index in [1.165, 1.54) is 0 Å². The molecule has 0 aliphatic rings. The van der Waals surface area contributed by atoms with Gasteiger partial charge in [0, 0.05) is 6.54 Å². The van der Waals surface area contributed by atoms with Crippen LogP contribution in [0.1, 0.15) is 25.0 Å². The van der Waals surface area contributed by atoms with Crippen molar-refractivity contribution in [2.24, 2.45) is 5.92 Å². The summed E-state index contributed by atoms with van der Waals surface area (Å²) in [4.78, 5) is 0. The van der Waals surface area contributed by atoms with Gasteiger partial charge in [-0.15, -0.1) is 0 Å². The Hall–Kier alpha value is -1.79. The highest BCUT2D eigenvalue weighted by atomic mass is 16.5. The van der Waals surface area contributed by atoms with Crippen LogP contribution in [-0.2, 0) is 0 Å². The van der Waals surface area contributed by atoms with Crippen LogP contribution in [0.15, 0.2) is 24.3 Å². The van der Waals surface area contributed by atoms with Gasteiger partial charge in [-0.25, -0.2) is 0 Å². The standard InChI is InChI=1S/C15H20N2O/c1-12(2)11-17-8-4-5-13-6-7-15(18-3)14(9-13)10-16/h4-7,9,12,17H,8,11H2,1-3H3. The van der Waals surface area contributed by atoms with Gasteiger partial charge in [0.25, 0.3) is 0 Å². The molecule has 0 saturated carbocycles. The summed E-state index contributed by atoms with van der Waals surface area (Å²) in [6, 6.07) is 7.72. The van der Waals surface area contributed by atoms with Crippen molar-refractivity contribution in [3.8, 4) is 11.8 Å². The molecular weight excluding hydrogens is 224 g/mol. The number of nitriles is 1. The average Bonchev–Trinajstić information content (AvgIpc) is 2.37. The number of hydrogen-bond donors (Lipinski definition) is 1. The molecule has 18 heavy (non-hydrogen) atoms. The first-order valence-corrected chi connectivity index (χ1v) is 6.12. The maximum atomic E-state index is 8.98. The van der Waals surface area contributed by atoms with Crippen molar-refractivity contribution in [1.82, 2.24) is 5.32 Å². The van der Waals surface area contributed by atoms with Gasteiger partial charge < -0.3 is 10.1 Å². The van der Waals surface area contributed by atoms with Gasteiger partial charge in [0.2, 0.25) is 0 Å². The molecule has 0 heterocycles. The van der Waals surface area contributed by atoms with E-state index in [0.717, 1.165) is 18.7 Å². The maximum Gasteiger partial charge on any atom is 0.136 e. The second kappa shape index (κ2) is 7.52. The van der Waals surface area contributed by atoms with E-state index in [0.29, 0.717) is 17.2 Å². The van der Waals surface area contributed by atoms with Crippen molar-refractivity contribution in [3.05, 3.63) is 35.4 Å². The van der Waals surface area contributed by atoms with E-state index in [9.17, 15) is 0 Å². The van der Waals surface area contributed by atoms with Crippen LogP contribution in [-0.4, -0.2) is 20.2 Å². The summed E-state index contributed by atoms with van der Waals surface area (Å²) in [7, 11) is 1.57. The lowest BCUT2D eigenvalue weighted by atomic mass is 10.1. The Morgan fingerprint density at radius 1 is 1.44 bits per heavy atom. The molecule has 0 fully saturated rings. The number of methoxy groups -OCH3 is 1. The summed E-state index contributed by atoms with van der Waals surface area (Å²) in [6.45, 7) is 6.21. The summed E-state index contributed by atoms with van der Waals surface area (Å²) in [5.74, 6) is 1.28. The van der Waals surface area contributed by atoms with Crippen LogP contribution >= 0.6 is 0 Å². The van der Waals surface area contributed by atoms with Crippen LogP contribution in [0.4, 0.5) is 0 Å². The van der Waals surface area contributed by atoms with Crippen LogP contribution in [0, 0.1) is 17.2 Å². The fourth-order valence-corrected chi connectivity index (χ4v) is 1.57. The third-order valence-corrected chi connectivity index (χ3v) is 2.47. The second-order valence-corrected chi connectivity index (χ2v) is 4.53. The molecule has 0 unspecified atom stereocenters. The molecule has 1 aromatic carbocycles. The van der Waals surface area contributed by atoms with Crippen LogP contribution in [0.3, 0.4) is 0 Å². The summed E-state index contributed by atoms with van der Waals surface area (Å²) in [6.07, 6.45) is 4.07. The van der Waals surface area contributed by atoms with Crippen molar-refractivity contribution < 1.29 is 4.74 Å². The Morgan fingerprint density at radius 3 is 2.83 bits per heavy atom. The molecule has 1 rings (SSSR count). The van der Waals surface area contributed by atoms with Gasteiger partial charge in [-0.3, -0.25) is 0 Å². The topological polar surface area (TPSA) is 45.0 Å². The minimum atomic E-state index is 0.565. The summed E-state index contributed by atoms with van der Waals surface area (Å²) in [5.41, 5.74) is 1.58. The maximum absolute atomic E-state index is 8.98. The fourth-order valence-electron chi connectivity index (χ4n) is 1.57. The van der Waals surface area contributed by atoms with Gasteiger partial charge in [-0.05, 0) is 30.2 Å². The molecule has 0 bridgehead atoms. The summed E-state index contributed by atoms with van der Waals surface area (Å²) < 4.78 is 5.10. The number of nitrogens with zero attached hydrogens (tertiary/aromatic N) is 1. The first kappa shape index (κ1) is 14.3. The van der Waals surface area contributed by atoms with Crippen LogP contribution in [0.25, 0.3) is 6.08 Å². The SMILES string of the molecule is COc1ccc(C=CCNCC(C)C)cc1C#N. The molecule has 1 aromatic rings. The zero-order chi connectivity index (χ0) is 13.4. The molecule has 0 spiro atoms. The minimum absolute atomic E-state index is 0.565. The summed E-state index contributed by atoms with van der Waals surface area (Å²) in [5, 5.41) is 12.3. The van der Waals surface area contributed by atoms with E-state index in [-0.39, 0.29) is 0 Å². The lowest BCUT2D eigenvalue weighted by Crippen LogP contribution is -2.19. The highest BCUT2D eigenvalue weighted by molar-refractivity contribution is 5.56. The largest absolute Gasteiger partial charge is 0.495 e. The number of nitrogens with one attached hydrogen (secondary N) is 1. The Bertz CT molecular complexity index is 444. The predicted octanol–water partition coefficient (Wildman–Crippen LogP) is 2.83. The van der Waals surface area contributed by atoms with E-state index in [1.54, 1.807) is 7.11 Å². The summed E-state index contributed by atoms with van der Waals surface area (Å²) >= 11 is 0. The predicted molar refractivity (Wildman–Crippen MR) is 74.5 cm³/mol. The van der Waals surface area contributed by atoms with Gasteiger partial charge in [0.05, 0.1) is 12.7 Å². The first-order valence-electron chi connectivity index (χ1n) is 6.12. The number of rotatable bonds is 6. The molecular formula is C15H20N2O. The van der Waals surface area contributed by atoms with Crippen LogP contribution in [0.2, 0.25) is 0 Å². The molecule has 96 valence electrons. The van der Waals surface area contributed by atoms with Crippen molar-refractivity contribution in [2.75, 3.05) is 20.2 Å². The quantitative estimate of drug-likeness (QED) is 0.783. The zero-order valence-electron chi connectivity index (χ0n) is 11.2. The molecule has 1 N–H and O–H groups in total.